The first kappa shape index (κ1) is 90.2. The van der Waals surface area contributed by atoms with Crippen LogP contribution in [0.4, 0.5) is 0 Å². The largest absolute Gasteiger partial charge is 0.545 e. The van der Waals surface area contributed by atoms with Gasteiger partial charge in [-0.25, -0.2) is 0 Å². The molecule has 93 heavy (non-hydrogen) atoms. The average molecular weight is 1310 g/mol. The van der Waals surface area contributed by atoms with Crippen LogP contribution in [0.2, 0.25) is 0 Å². The molecule has 0 aliphatic heterocycles. The Balaban J connectivity index is 3.94. The first-order valence-electron chi connectivity index (χ1n) is 40.8. The maximum Gasteiger partial charge on any atom is 0.306 e. The van der Waals surface area contributed by atoms with Gasteiger partial charge in [-0.15, -0.1) is 0 Å². The number of carbonyl (C=O) groups is 3. The van der Waals surface area contributed by atoms with Crippen molar-refractivity contribution < 1.29 is 42.9 Å². The van der Waals surface area contributed by atoms with Crippen molar-refractivity contribution in [1.29, 1.82) is 0 Å². The predicted octanol–water partition coefficient (Wildman–Crippen LogP) is 24.7. The van der Waals surface area contributed by atoms with Gasteiger partial charge in [0.2, 0.25) is 0 Å². The zero-order valence-corrected chi connectivity index (χ0v) is 62.7. The van der Waals surface area contributed by atoms with E-state index in [2.05, 4.69) is 62.5 Å². The van der Waals surface area contributed by atoms with E-state index < -0.39 is 24.3 Å². The predicted molar refractivity (Wildman–Crippen MR) is 399 cm³/mol. The molecule has 2 unspecified atom stereocenters. The van der Waals surface area contributed by atoms with Crippen LogP contribution >= 0.6 is 0 Å². The summed E-state index contributed by atoms with van der Waals surface area (Å²) in [5.41, 5.74) is 0. The van der Waals surface area contributed by atoms with E-state index in [-0.39, 0.29) is 32.2 Å². The van der Waals surface area contributed by atoms with Crippen molar-refractivity contribution in [2.75, 3.05) is 47.5 Å². The Morgan fingerprint density at radius 3 is 0.871 bits per heavy atom. The molecule has 2 atom stereocenters. The van der Waals surface area contributed by atoms with Crippen molar-refractivity contribution in [2.45, 2.75) is 424 Å². The Kier molecular flexibility index (Phi) is 72.8. The molecule has 0 rings (SSSR count). The molecular weight excluding hydrogens is 1150 g/mol. The summed E-state index contributed by atoms with van der Waals surface area (Å²) in [5.74, 6) is -2.25. The lowest BCUT2D eigenvalue weighted by atomic mass is 10.0. The number of carboxylic acids is 1. The Morgan fingerprint density at radius 2 is 0.581 bits per heavy atom. The van der Waals surface area contributed by atoms with Crippen molar-refractivity contribution in [3.63, 3.8) is 0 Å². The van der Waals surface area contributed by atoms with E-state index >= 15 is 0 Å². The number of esters is 2. The molecule has 0 fully saturated rings. The molecule has 0 saturated carbocycles. The van der Waals surface area contributed by atoms with Gasteiger partial charge in [0.05, 0.1) is 40.3 Å². The van der Waals surface area contributed by atoms with Gasteiger partial charge in [-0.2, -0.15) is 0 Å². The summed E-state index contributed by atoms with van der Waals surface area (Å²) in [6, 6.07) is 0. The quantitative estimate of drug-likeness (QED) is 0.0195. The highest BCUT2D eigenvalue weighted by Gasteiger charge is 2.22. The molecule has 546 valence electrons. The molecule has 0 bridgehead atoms. The van der Waals surface area contributed by atoms with Crippen LogP contribution in [0.15, 0.2) is 48.6 Å². The first-order valence-corrected chi connectivity index (χ1v) is 40.8. The zero-order valence-electron chi connectivity index (χ0n) is 62.7. The summed E-state index contributed by atoms with van der Waals surface area (Å²) in [7, 11) is 5.95. The van der Waals surface area contributed by atoms with Gasteiger partial charge in [0.1, 0.15) is 13.2 Å². The van der Waals surface area contributed by atoms with Crippen molar-refractivity contribution in [1.82, 2.24) is 0 Å². The lowest BCUT2D eigenvalue weighted by molar-refractivity contribution is -0.870. The number of nitrogens with zero attached hydrogens (tertiary/aromatic N) is 1. The summed E-state index contributed by atoms with van der Waals surface area (Å²) >= 11 is 0. The van der Waals surface area contributed by atoms with Gasteiger partial charge in [0, 0.05) is 12.8 Å². The number of allylic oxidation sites excluding steroid dienone is 8. The van der Waals surface area contributed by atoms with Crippen molar-refractivity contribution >= 4 is 17.9 Å². The molecule has 0 saturated heterocycles. The highest BCUT2D eigenvalue weighted by atomic mass is 16.7. The van der Waals surface area contributed by atoms with Crippen molar-refractivity contribution in [2.24, 2.45) is 0 Å². The van der Waals surface area contributed by atoms with Crippen molar-refractivity contribution in [3.05, 3.63) is 48.6 Å². The van der Waals surface area contributed by atoms with Gasteiger partial charge >= 0.3 is 11.9 Å². The SMILES string of the molecule is CCCCCCC/C=C\C/C=C\C/C=C\CCCCCCCCCCCCCCCCCCCCCCCCCCCCC(=O)OC(COC(=O)CCCCCCCCCCCCCCCCC/C=C\CCCCCCCCCC)COC(OCC[N+](C)(C)C)C(=O)[O-]. The third-order valence-corrected chi connectivity index (χ3v) is 18.5. The Labute approximate surface area is 578 Å². The highest BCUT2D eigenvalue weighted by Crippen LogP contribution is 2.20. The lowest BCUT2D eigenvalue weighted by Gasteiger charge is -2.26. The second-order valence-corrected chi connectivity index (χ2v) is 29.1. The fourth-order valence-electron chi connectivity index (χ4n) is 12.3. The molecule has 9 heteroatoms. The third-order valence-electron chi connectivity index (χ3n) is 18.5. The molecule has 0 N–H and O–H groups in total. The lowest BCUT2D eigenvalue weighted by Crippen LogP contribution is -2.44. The Bertz CT molecular complexity index is 1670. The van der Waals surface area contributed by atoms with Gasteiger partial charge in [0.25, 0.3) is 0 Å². The molecule has 0 aliphatic carbocycles. The second kappa shape index (κ2) is 75.0. The fraction of sp³-hybridized carbons (Fsp3) is 0.869. The molecule has 0 heterocycles. The minimum absolute atomic E-state index is 0.151. The van der Waals surface area contributed by atoms with Gasteiger partial charge in [-0.3, -0.25) is 9.59 Å². The average Bonchev–Trinajstić information content (AvgIpc) is 3.38. The number of aliphatic carboxylic acids is 1. The summed E-state index contributed by atoms with van der Waals surface area (Å²) in [4.78, 5) is 37.6. The van der Waals surface area contributed by atoms with Crippen LogP contribution in [0.5, 0.6) is 0 Å². The maximum atomic E-state index is 13.0. The van der Waals surface area contributed by atoms with E-state index in [9.17, 15) is 19.5 Å². The number of quaternary nitrogens is 1. The van der Waals surface area contributed by atoms with Gasteiger partial charge in [0.15, 0.2) is 12.4 Å². The zero-order chi connectivity index (χ0) is 67.5. The molecule has 0 aromatic heterocycles. The molecule has 0 amide bonds. The van der Waals surface area contributed by atoms with Crippen LogP contribution in [0, 0.1) is 0 Å². The molecule has 0 aromatic carbocycles. The van der Waals surface area contributed by atoms with Gasteiger partial charge in [-0.1, -0.05) is 371 Å². The standard InChI is InChI=1S/C84H157NO8/c1-6-8-10-12-14-16-18-20-22-24-26-28-30-32-34-35-36-37-38-39-40-41-42-43-44-45-46-47-49-51-53-55-57-59-61-63-65-67-69-71-73-75-82(87)93-80(79-92-84(83(88)89)90-77-76-85(3,4)5)78-91-81(86)74-72-70-68-66-64-62-60-58-56-54-52-50-48-33-31-29-27-25-23-21-19-17-15-13-11-9-7-2/h18,20,24-27,30,32,80,84H,6-17,19,21-23,28-29,31,33-79H2,1-5H3/b20-18-,26-24-,27-25-,32-30-. The number of unbranched alkanes of at least 4 members (excludes halogenated alkanes) is 54. The number of carboxylic acid groups (broad SMARTS) is 1. The van der Waals surface area contributed by atoms with E-state index in [4.69, 9.17) is 18.9 Å². The number of carbonyl (C=O) groups excluding carboxylic acids is 3. The van der Waals surface area contributed by atoms with E-state index in [0.717, 1.165) is 51.4 Å². The van der Waals surface area contributed by atoms with Crippen LogP contribution in [-0.4, -0.2) is 82.3 Å². The van der Waals surface area contributed by atoms with E-state index in [1.54, 1.807) is 0 Å². The molecule has 0 radical (unpaired) electrons. The molecule has 0 spiro atoms. The summed E-state index contributed by atoms with van der Waals surface area (Å²) < 4.78 is 22.9. The monoisotopic (exact) mass is 1310 g/mol. The van der Waals surface area contributed by atoms with Crippen LogP contribution in [0.1, 0.15) is 412 Å². The van der Waals surface area contributed by atoms with Gasteiger partial charge in [-0.05, 0) is 77.0 Å². The maximum absolute atomic E-state index is 13.0. The van der Waals surface area contributed by atoms with Crippen molar-refractivity contribution in [3.8, 4) is 0 Å². The molecule has 0 aliphatic rings. The molecule has 9 nitrogen and oxygen atoms in total. The summed E-state index contributed by atoms with van der Waals surface area (Å²) in [5, 5.41) is 11.9. The minimum atomic E-state index is -1.62. The van der Waals surface area contributed by atoms with E-state index in [1.165, 1.54) is 334 Å². The highest BCUT2D eigenvalue weighted by molar-refractivity contribution is 5.70. The topological polar surface area (TPSA) is 111 Å². The smallest absolute Gasteiger partial charge is 0.306 e. The third kappa shape index (κ3) is 76.5. The summed E-state index contributed by atoms with van der Waals surface area (Å²) in [6.45, 7) is 4.81. The number of ether oxygens (including phenoxy) is 4. The normalized spacial score (nSPS) is 12.8. The second-order valence-electron chi connectivity index (χ2n) is 29.1. The van der Waals surface area contributed by atoms with Gasteiger partial charge < -0.3 is 33.3 Å². The van der Waals surface area contributed by atoms with Crippen LogP contribution < -0.4 is 5.11 Å². The van der Waals surface area contributed by atoms with Crippen LogP contribution in [-0.2, 0) is 33.3 Å². The fourth-order valence-corrected chi connectivity index (χ4v) is 12.3. The number of hydrogen-bond acceptors (Lipinski definition) is 8. The number of hydrogen-bond donors (Lipinski definition) is 0. The van der Waals surface area contributed by atoms with Crippen LogP contribution in [0.3, 0.4) is 0 Å². The summed E-state index contributed by atoms with van der Waals surface area (Å²) in [6.07, 6.45) is 95.3. The molecule has 0 aromatic rings. The Hall–Kier alpha value is -2.75. The van der Waals surface area contributed by atoms with E-state index in [1.807, 2.05) is 21.1 Å². The van der Waals surface area contributed by atoms with Crippen LogP contribution in [0.25, 0.3) is 0 Å². The number of rotatable bonds is 77. The number of likely N-dealkylation sites (N-methyl/N-ethyl adjacent to an activating group) is 1. The van der Waals surface area contributed by atoms with E-state index in [0.29, 0.717) is 17.4 Å². The first-order chi connectivity index (χ1) is 45.6. The Morgan fingerprint density at radius 1 is 0.323 bits per heavy atom. The molecular formula is C84H157NO8. The minimum Gasteiger partial charge on any atom is -0.545 e.